The third-order valence-electron chi connectivity index (χ3n) is 3.92. The van der Waals surface area contributed by atoms with Crippen LogP contribution in [-0.4, -0.2) is 23.3 Å². The molecule has 4 nitrogen and oxygen atoms in total. The van der Waals surface area contributed by atoms with Gasteiger partial charge in [0.05, 0.1) is 22.9 Å². The standard InChI is InChI=1S/C14H16F4N2O2/c15-10-6-11(19)12(5-9(10)13(21)22)20-8-3-1-7(2-4-8)14(16,17)18/h5-8,20H,1-4,19H2,(H,21,22). The highest BCUT2D eigenvalue weighted by Gasteiger charge is 2.41. The molecular weight excluding hydrogens is 304 g/mol. The Morgan fingerprint density at radius 3 is 2.32 bits per heavy atom. The number of hydrogen-bond acceptors (Lipinski definition) is 3. The van der Waals surface area contributed by atoms with Crippen LogP contribution in [0.1, 0.15) is 36.0 Å². The lowest BCUT2D eigenvalue weighted by Crippen LogP contribution is -2.33. The smallest absolute Gasteiger partial charge is 0.391 e. The summed E-state index contributed by atoms with van der Waals surface area (Å²) in [5.74, 6) is -3.68. The fraction of sp³-hybridized carbons (Fsp3) is 0.500. The first-order chi connectivity index (χ1) is 10.2. The molecule has 1 aliphatic rings. The van der Waals surface area contributed by atoms with Crippen molar-refractivity contribution in [3.05, 3.63) is 23.5 Å². The maximum absolute atomic E-state index is 13.4. The van der Waals surface area contributed by atoms with Crippen LogP contribution in [0.2, 0.25) is 0 Å². The van der Waals surface area contributed by atoms with Gasteiger partial charge in [0.1, 0.15) is 5.82 Å². The largest absolute Gasteiger partial charge is 0.478 e. The zero-order valence-corrected chi connectivity index (χ0v) is 11.6. The lowest BCUT2D eigenvalue weighted by Gasteiger charge is -2.31. The number of nitrogens with one attached hydrogen (secondary N) is 1. The van der Waals surface area contributed by atoms with E-state index in [4.69, 9.17) is 10.8 Å². The van der Waals surface area contributed by atoms with Crippen LogP contribution in [-0.2, 0) is 0 Å². The molecular formula is C14H16F4N2O2. The summed E-state index contributed by atoms with van der Waals surface area (Å²) in [7, 11) is 0. The van der Waals surface area contributed by atoms with Gasteiger partial charge in [0.25, 0.3) is 0 Å². The first-order valence-electron chi connectivity index (χ1n) is 6.84. The molecule has 0 unspecified atom stereocenters. The minimum atomic E-state index is -4.18. The first-order valence-corrected chi connectivity index (χ1v) is 6.84. The predicted octanol–water partition coefficient (Wildman–Crippen LogP) is 3.64. The van der Waals surface area contributed by atoms with Gasteiger partial charge >= 0.3 is 12.1 Å². The Morgan fingerprint density at radius 2 is 1.82 bits per heavy atom. The van der Waals surface area contributed by atoms with E-state index < -0.39 is 29.4 Å². The summed E-state index contributed by atoms with van der Waals surface area (Å²) in [6, 6.07) is 1.73. The molecule has 1 aromatic rings. The number of anilines is 2. The molecule has 0 saturated heterocycles. The second-order valence-electron chi connectivity index (χ2n) is 5.46. The van der Waals surface area contributed by atoms with E-state index in [1.165, 1.54) is 0 Å². The monoisotopic (exact) mass is 320 g/mol. The summed E-state index contributed by atoms with van der Waals surface area (Å²) in [5.41, 5.74) is 5.36. The van der Waals surface area contributed by atoms with Gasteiger partial charge < -0.3 is 16.2 Å². The molecule has 0 amide bonds. The summed E-state index contributed by atoms with van der Waals surface area (Å²) in [6.45, 7) is 0. The van der Waals surface area contributed by atoms with E-state index in [1.54, 1.807) is 0 Å². The zero-order valence-electron chi connectivity index (χ0n) is 11.6. The van der Waals surface area contributed by atoms with Crippen molar-refractivity contribution in [3.8, 4) is 0 Å². The molecule has 0 aliphatic heterocycles. The molecule has 0 spiro atoms. The maximum Gasteiger partial charge on any atom is 0.391 e. The second-order valence-corrected chi connectivity index (χ2v) is 5.46. The third kappa shape index (κ3) is 3.61. The van der Waals surface area contributed by atoms with E-state index in [2.05, 4.69) is 5.32 Å². The number of carboxylic acids is 1. The predicted molar refractivity (Wildman–Crippen MR) is 73.2 cm³/mol. The van der Waals surface area contributed by atoms with E-state index >= 15 is 0 Å². The molecule has 0 bridgehead atoms. The summed E-state index contributed by atoms with van der Waals surface area (Å²) >= 11 is 0. The van der Waals surface area contributed by atoms with E-state index in [0.717, 1.165) is 12.1 Å². The molecule has 0 radical (unpaired) electrons. The molecule has 0 atom stereocenters. The number of nitrogens with two attached hydrogens (primary N) is 1. The summed E-state index contributed by atoms with van der Waals surface area (Å²) in [5, 5.41) is 11.8. The molecule has 0 aromatic heterocycles. The Bertz CT molecular complexity index is 567. The molecule has 1 aliphatic carbocycles. The Kier molecular flexibility index (Phi) is 4.48. The van der Waals surface area contributed by atoms with Crippen molar-refractivity contribution < 1.29 is 27.5 Å². The molecule has 122 valence electrons. The van der Waals surface area contributed by atoms with Crippen LogP contribution in [0.4, 0.5) is 28.9 Å². The number of aromatic carboxylic acids is 1. The van der Waals surface area contributed by atoms with Gasteiger partial charge in [-0.25, -0.2) is 9.18 Å². The quantitative estimate of drug-likeness (QED) is 0.587. The van der Waals surface area contributed by atoms with Crippen molar-refractivity contribution in [1.82, 2.24) is 0 Å². The Hall–Kier alpha value is -1.99. The van der Waals surface area contributed by atoms with Gasteiger partial charge in [-0.05, 0) is 37.8 Å². The lowest BCUT2D eigenvalue weighted by molar-refractivity contribution is -0.182. The first kappa shape index (κ1) is 16.4. The SMILES string of the molecule is Nc1cc(F)c(C(=O)O)cc1NC1CCC(C(F)(F)F)CC1. The van der Waals surface area contributed by atoms with Crippen LogP contribution < -0.4 is 11.1 Å². The average molecular weight is 320 g/mol. The van der Waals surface area contributed by atoms with E-state index in [9.17, 15) is 22.4 Å². The van der Waals surface area contributed by atoms with Crippen molar-refractivity contribution in [2.24, 2.45) is 5.92 Å². The minimum Gasteiger partial charge on any atom is -0.478 e. The molecule has 1 aromatic carbocycles. The molecule has 1 fully saturated rings. The number of halogens is 4. The number of carbonyl (C=O) groups is 1. The van der Waals surface area contributed by atoms with Gasteiger partial charge in [-0.1, -0.05) is 0 Å². The average Bonchev–Trinajstić information content (AvgIpc) is 2.41. The van der Waals surface area contributed by atoms with Crippen LogP contribution in [0.5, 0.6) is 0 Å². The third-order valence-corrected chi connectivity index (χ3v) is 3.92. The fourth-order valence-electron chi connectivity index (χ4n) is 2.66. The Balaban J connectivity index is 2.06. The highest BCUT2D eigenvalue weighted by atomic mass is 19.4. The van der Waals surface area contributed by atoms with E-state index in [1.807, 2.05) is 0 Å². The Labute approximate surface area is 124 Å². The van der Waals surface area contributed by atoms with Gasteiger partial charge in [0, 0.05) is 6.04 Å². The van der Waals surface area contributed by atoms with Gasteiger partial charge in [0.2, 0.25) is 0 Å². The van der Waals surface area contributed by atoms with Crippen molar-refractivity contribution in [2.45, 2.75) is 37.9 Å². The van der Waals surface area contributed by atoms with Crippen LogP contribution >= 0.6 is 0 Å². The van der Waals surface area contributed by atoms with Crippen LogP contribution in [0.15, 0.2) is 12.1 Å². The van der Waals surface area contributed by atoms with Crippen LogP contribution in [0, 0.1) is 11.7 Å². The van der Waals surface area contributed by atoms with Gasteiger partial charge in [0.15, 0.2) is 0 Å². The molecule has 22 heavy (non-hydrogen) atoms. The highest BCUT2D eigenvalue weighted by Crippen LogP contribution is 2.38. The maximum atomic E-state index is 13.4. The van der Waals surface area contributed by atoms with Gasteiger partial charge in [-0.3, -0.25) is 0 Å². The molecule has 0 heterocycles. The highest BCUT2D eigenvalue weighted by molar-refractivity contribution is 5.90. The van der Waals surface area contributed by atoms with Crippen LogP contribution in [0.25, 0.3) is 0 Å². The molecule has 1 saturated carbocycles. The molecule has 4 N–H and O–H groups in total. The number of rotatable bonds is 3. The normalized spacial score (nSPS) is 22.4. The topological polar surface area (TPSA) is 75.4 Å². The summed E-state index contributed by atoms with van der Waals surface area (Å²) < 4.78 is 51.2. The van der Waals surface area contributed by atoms with E-state index in [0.29, 0.717) is 12.8 Å². The van der Waals surface area contributed by atoms with E-state index in [-0.39, 0.29) is 30.3 Å². The number of nitrogen functional groups attached to an aromatic ring is 1. The number of hydrogen-bond donors (Lipinski definition) is 3. The number of alkyl halides is 3. The summed E-state index contributed by atoms with van der Waals surface area (Å²) in [4.78, 5) is 10.9. The Morgan fingerprint density at radius 1 is 1.23 bits per heavy atom. The van der Waals surface area contributed by atoms with Gasteiger partial charge in [-0.2, -0.15) is 13.2 Å². The van der Waals surface area contributed by atoms with Gasteiger partial charge in [-0.15, -0.1) is 0 Å². The van der Waals surface area contributed by atoms with Crippen molar-refractivity contribution in [2.75, 3.05) is 11.1 Å². The number of carboxylic acid groups (broad SMARTS) is 1. The molecule has 8 heteroatoms. The fourth-order valence-corrected chi connectivity index (χ4v) is 2.66. The lowest BCUT2D eigenvalue weighted by atomic mass is 9.85. The number of benzene rings is 1. The van der Waals surface area contributed by atoms with Crippen LogP contribution in [0.3, 0.4) is 0 Å². The zero-order chi connectivity index (χ0) is 16.5. The summed E-state index contributed by atoms with van der Waals surface area (Å²) in [6.07, 6.45) is -3.58. The van der Waals surface area contributed by atoms with Crippen molar-refractivity contribution in [1.29, 1.82) is 0 Å². The van der Waals surface area contributed by atoms with Crippen molar-refractivity contribution >= 4 is 17.3 Å². The van der Waals surface area contributed by atoms with Crippen molar-refractivity contribution in [3.63, 3.8) is 0 Å². The molecule has 2 rings (SSSR count). The second kappa shape index (κ2) is 6.02. The minimum absolute atomic E-state index is 0.00799.